The van der Waals surface area contributed by atoms with Gasteiger partial charge in [-0.1, -0.05) is 84.9 Å². The van der Waals surface area contributed by atoms with E-state index in [2.05, 4.69) is 131 Å². The number of nitrogens with zero attached hydrogens (tertiary/aromatic N) is 5. The fraction of sp³-hybridized carbons (Fsp3) is 0. The molecule has 4 aromatic heterocycles. The van der Waals surface area contributed by atoms with Crippen molar-refractivity contribution in [3.63, 3.8) is 0 Å². The lowest BCUT2D eigenvalue weighted by atomic mass is 10.1. The van der Waals surface area contributed by atoms with E-state index in [1.165, 1.54) is 16.2 Å². The molecule has 6 aromatic carbocycles. The molecule has 0 bridgehead atoms. The number of hydrogen-bond donors (Lipinski definition) is 0. The summed E-state index contributed by atoms with van der Waals surface area (Å²) < 4.78 is 8.37. The van der Waals surface area contributed by atoms with E-state index in [1.54, 1.807) is 6.20 Å². The highest BCUT2D eigenvalue weighted by Gasteiger charge is 2.17. The molecule has 10 rings (SSSR count). The Kier molecular flexibility index (Phi) is 5.77. The first-order valence-corrected chi connectivity index (χ1v) is 15.9. The second kappa shape index (κ2) is 10.4. The standard InChI is InChI=1S/C42H25N5O/c1-2-10-27-23-29(19-18-26(27)9-1)41-44-40(45-42(46-41)30-20-21-37-34(25-30)39-38(48-37)17-8-22-43-39)28-11-7-12-31(24-28)47-35-15-5-3-13-32(35)33-14-4-6-16-36(33)47/h1-25H. The molecule has 224 valence electrons. The summed E-state index contributed by atoms with van der Waals surface area (Å²) in [7, 11) is 0. The van der Waals surface area contributed by atoms with Crippen LogP contribution in [0.1, 0.15) is 0 Å². The van der Waals surface area contributed by atoms with Crippen LogP contribution in [-0.2, 0) is 0 Å². The van der Waals surface area contributed by atoms with Gasteiger partial charge in [-0.05, 0) is 71.4 Å². The Morgan fingerprint density at radius 1 is 0.438 bits per heavy atom. The lowest BCUT2D eigenvalue weighted by Crippen LogP contribution is -2.01. The molecule has 6 nitrogen and oxygen atoms in total. The van der Waals surface area contributed by atoms with E-state index in [0.717, 1.165) is 60.9 Å². The first kappa shape index (κ1) is 26.5. The van der Waals surface area contributed by atoms with E-state index in [1.807, 2.05) is 24.3 Å². The zero-order valence-electron chi connectivity index (χ0n) is 25.6. The lowest BCUT2D eigenvalue weighted by molar-refractivity contribution is 0.668. The molecule has 0 N–H and O–H groups in total. The minimum absolute atomic E-state index is 0.581. The molecule has 0 radical (unpaired) electrons. The van der Waals surface area contributed by atoms with Gasteiger partial charge in [0.15, 0.2) is 23.1 Å². The van der Waals surface area contributed by atoms with Crippen molar-refractivity contribution < 1.29 is 4.42 Å². The molecule has 0 aliphatic carbocycles. The van der Waals surface area contributed by atoms with E-state index in [9.17, 15) is 0 Å². The molecule has 4 heterocycles. The van der Waals surface area contributed by atoms with Crippen molar-refractivity contribution in [2.45, 2.75) is 0 Å². The van der Waals surface area contributed by atoms with Gasteiger partial charge in [-0.2, -0.15) is 0 Å². The molecule has 0 saturated heterocycles. The van der Waals surface area contributed by atoms with Gasteiger partial charge in [0.2, 0.25) is 0 Å². The fourth-order valence-electron chi connectivity index (χ4n) is 6.81. The molecule has 0 aliphatic rings. The van der Waals surface area contributed by atoms with Crippen molar-refractivity contribution in [1.82, 2.24) is 24.5 Å². The maximum Gasteiger partial charge on any atom is 0.164 e. The first-order valence-electron chi connectivity index (χ1n) is 15.9. The van der Waals surface area contributed by atoms with E-state index in [0.29, 0.717) is 17.5 Å². The Morgan fingerprint density at radius 3 is 1.85 bits per heavy atom. The minimum atomic E-state index is 0.581. The molecular weight excluding hydrogens is 590 g/mol. The molecule has 0 unspecified atom stereocenters. The third kappa shape index (κ3) is 4.20. The molecule has 0 atom stereocenters. The van der Waals surface area contributed by atoms with Crippen molar-refractivity contribution in [3.05, 3.63) is 152 Å². The van der Waals surface area contributed by atoms with E-state index >= 15 is 0 Å². The quantitative estimate of drug-likeness (QED) is 0.197. The van der Waals surface area contributed by atoms with Gasteiger partial charge in [0.25, 0.3) is 0 Å². The van der Waals surface area contributed by atoms with E-state index in [4.69, 9.17) is 19.4 Å². The first-order chi connectivity index (χ1) is 23.8. The largest absolute Gasteiger partial charge is 0.454 e. The average Bonchev–Trinajstić information content (AvgIpc) is 3.70. The van der Waals surface area contributed by atoms with Crippen LogP contribution >= 0.6 is 0 Å². The summed E-state index contributed by atoms with van der Waals surface area (Å²) in [4.78, 5) is 19.8. The smallest absolute Gasteiger partial charge is 0.164 e. The molecule has 0 spiro atoms. The van der Waals surface area contributed by atoms with Crippen LogP contribution in [0.25, 0.3) is 94.5 Å². The summed E-state index contributed by atoms with van der Waals surface area (Å²) in [6.07, 6.45) is 1.78. The highest BCUT2D eigenvalue weighted by atomic mass is 16.3. The van der Waals surface area contributed by atoms with Crippen LogP contribution in [-0.4, -0.2) is 24.5 Å². The molecule has 6 heteroatoms. The van der Waals surface area contributed by atoms with Gasteiger partial charge < -0.3 is 8.98 Å². The van der Waals surface area contributed by atoms with Gasteiger partial charge >= 0.3 is 0 Å². The highest BCUT2D eigenvalue weighted by Crippen LogP contribution is 2.35. The number of rotatable bonds is 4. The zero-order chi connectivity index (χ0) is 31.6. The number of furan rings is 1. The summed E-state index contributed by atoms with van der Waals surface area (Å²) in [5.41, 5.74) is 8.37. The number of benzene rings is 6. The van der Waals surface area contributed by atoms with Crippen LogP contribution in [0, 0.1) is 0 Å². The Labute approximate surface area is 274 Å². The monoisotopic (exact) mass is 615 g/mol. The van der Waals surface area contributed by atoms with Crippen molar-refractivity contribution >= 4 is 54.6 Å². The van der Waals surface area contributed by atoms with Crippen LogP contribution in [0.2, 0.25) is 0 Å². The second-order valence-corrected chi connectivity index (χ2v) is 12.0. The van der Waals surface area contributed by atoms with Crippen LogP contribution in [0.3, 0.4) is 0 Å². The van der Waals surface area contributed by atoms with Crippen molar-refractivity contribution in [1.29, 1.82) is 0 Å². The van der Waals surface area contributed by atoms with Gasteiger partial charge in [-0.15, -0.1) is 0 Å². The van der Waals surface area contributed by atoms with Gasteiger partial charge in [0.05, 0.1) is 11.0 Å². The van der Waals surface area contributed by atoms with Gasteiger partial charge in [0, 0.05) is 44.7 Å². The highest BCUT2D eigenvalue weighted by molar-refractivity contribution is 6.09. The Balaban J connectivity index is 1.19. The number of hydrogen-bond acceptors (Lipinski definition) is 5. The van der Waals surface area contributed by atoms with Crippen LogP contribution in [0.4, 0.5) is 0 Å². The predicted octanol–water partition coefficient (Wildman–Crippen LogP) is 10.4. The molecule has 0 amide bonds. The SMILES string of the molecule is c1cc(-c2nc(-c3ccc4ccccc4c3)nc(-c3ccc4oc5cccnc5c4c3)n2)cc(-n2c3ccccc3c3ccccc32)c1. The topological polar surface area (TPSA) is 69.6 Å². The van der Waals surface area contributed by atoms with Crippen LogP contribution in [0.15, 0.2) is 156 Å². The van der Waals surface area contributed by atoms with Crippen molar-refractivity contribution in [3.8, 4) is 39.9 Å². The molecule has 0 aliphatic heterocycles. The van der Waals surface area contributed by atoms with Gasteiger partial charge in [-0.25, -0.2) is 15.0 Å². The summed E-state index contributed by atoms with van der Waals surface area (Å²) in [5, 5.41) is 5.65. The summed E-state index contributed by atoms with van der Waals surface area (Å²) in [6.45, 7) is 0. The maximum atomic E-state index is 6.06. The normalized spacial score (nSPS) is 11.8. The van der Waals surface area contributed by atoms with E-state index in [-0.39, 0.29) is 0 Å². The van der Waals surface area contributed by atoms with Crippen molar-refractivity contribution in [2.24, 2.45) is 0 Å². The molecule has 0 saturated carbocycles. The number of fused-ring (bicyclic) bond motifs is 7. The number of pyridine rings is 1. The van der Waals surface area contributed by atoms with Crippen molar-refractivity contribution in [2.75, 3.05) is 0 Å². The fourth-order valence-corrected chi connectivity index (χ4v) is 6.81. The predicted molar refractivity (Wildman–Crippen MR) is 193 cm³/mol. The number of para-hydroxylation sites is 2. The molecular formula is C42H25N5O. The average molecular weight is 616 g/mol. The molecule has 0 fully saturated rings. The lowest BCUT2D eigenvalue weighted by Gasteiger charge is -2.12. The Bertz CT molecular complexity index is 2810. The summed E-state index contributed by atoms with van der Waals surface area (Å²) >= 11 is 0. The summed E-state index contributed by atoms with van der Waals surface area (Å²) in [5.74, 6) is 1.79. The third-order valence-corrected chi connectivity index (χ3v) is 9.07. The molecule has 48 heavy (non-hydrogen) atoms. The summed E-state index contributed by atoms with van der Waals surface area (Å²) in [6, 6.07) is 50.0. The minimum Gasteiger partial charge on any atom is -0.454 e. The van der Waals surface area contributed by atoms with Crippen LogP contribution in [0.5, 0.6) is 0 Å². The van der Waals surface area contributed by atoms with E-state index < -0.39 is 0 Å². The Morgan fingerprint density at radius 2 is 1.08 bits per heavy atom. The third-order valence-electron chi connectivity index (χ3n) is 9.07. The maximum absolute atomic E-state index is 6.06. The second-order valence-electron chi connectivity index (χ2n) is 12.0. The van der Waals surface area contributed by atoms with Crippen LogP contribution < -0.4 is 0 Å². The van der Waals surface area contributed by atoms with Gasteiger partial charge in [0.1, 0.15) is 11.1 Å². The van der Waals surface area contributed by atoms with Gasteiger partial charge in [-0.3, -0.25) is 4.98 Å². The molecule has 10 aromatic rings. The zero-order valence-corrected chi connectivity index (χ0v) is 25.6. The number of aromatic nitrogens is 5. The Hall–Kier alpha value is -6.66.